The van der Waals surface area contributed by atoms with Gasteiger partial charge in [0.15, 0.2) is 5.25 Å². The summed E-state index contributed by atoms with van der Waals surface area (Å²) in [5.41, 5.74) is 1.23. The largest absolute Gasteiger partial charge is 0.534 e. The lowest BCUT2D eigenvalue weighted by atomic mass is 9.98. The lowest BCUT2D eigenvalue weighted by Gasteiger charge is -2.35. The Kier molecular flexibility index (Phi) is 7.36. The predicted molar refractivity (Wildman–Crippen MR) is 125 cm³/mol. The summed E-state index contributed by atoms with van der Waals surface area (Å²) in [5.74, 6) is -0.118. The average molecular weight is 460 g/mol. The first-order valence-corrected chi connectivity index (χ1v) is 13.1. The number of carbonyl (C=O) groups is 1. The van der Waals surface area contributed by atoms with Crippen molar-refractivity contribution in [3.8, 4) is 0 Å². The van der Waals surface area contributed by atoms with Crippen molar-refractivity contribution in [1.82, 2.24) is 0 Å². The van der Waals surface area contributed by atoms with E-state index in [0.29, 0.717) is 16.1 Å². The molecule has 7 heteroatoms. The molecular formula is C23H22ClNO3S2. The van der Waals surface area contributed by atoms with E-state index in [9.17, 15) is 13.2 Å². The van der Waals surface area contributed by atoms with Gasteiger partial charge in [-0.2, -0.15) is 0 Å². The summed E-state index contributed by atoms with van der Waals surface area (Å²) in [6.07, 6.45) is 3.87. The van der Waals surface area contributed by atoms with Crippen LogP contribution in [0.4, 0.5) is 0 Å². The van der Waals surface area contributed by atoms with Crippen LogP contribution in [0.1, 0.15) is 22.0 Å². The van der Waals surface area contributed by atoms with Crippen molar-refractivity contribution >= 4 is 38.3 Å². The first-order chi connectivity index (χ1) is 14.3. The van der Waals surface area contributed by atoms with E-state index in [4.69, 9.17) is 11.6 Å². The normalized spacial score (nSPS) is 13.7. The van der Waals surface area contributed by atoms with Crippen LogP contribution in [0.5, 0.6) is 0 Å². The number of halogens is 1. The van der Waals surface area contributed by atoms with Gasteiger partial charge < -0.3 is 4.72 Å². The van der Waals surface area contributed by atoms with Gasteiger partial charge in [-0.3, -0.25) is 4.79 Å². The molecule has 0 aliphatic heterocycles. The molecule has 2 unspecified atom stereocenters. The summed E-state index contributed by atoms with van der Waals surface area (Å²) in [6.45, 7) is 0. The van der Waals surface area contributed by atoms with E-state index < -0.39 is 32.2 Å². The van der Waals surface area contributed by atoms with Gasteiger partial charge in [0.05, 0.1) is 12.5 Å². The molecule has 0 amide bonds. The average Bonchev–Trinajstić information content (AvgIpc) is 2.74. The summed E-state index contributed by atoms with van der Waals surface area (Å²) < 4.78 is 30.5. The van der Waals surface area contributed by atoms with Gasteiger partial charge in [0.1, 0.15) is 10.0 Å². The Hall–Kier alpha value is -2.12. The number of hydrogen-bond donors (Lipinski definition) is 0. The molecule has 0 aliphatic rings. The van der Waals surface area contributed by atoms with Crippen LogP contribution in [0.15, 0.2) is 89.8 Å². The van der Waals surface area contributed by atoms with Crippen molar-refractivity contribution in [2.75, 3.05) is 12.5 Å². The standard InChI is InChI=1S/C23H22ClNO3S2/c1-29(2)23(22(26)18-11-7-4-8-12-18)21(17-9-5-3-6-10-17)25-30(27,28)20-15-13-19(24)14-16-20/h3-16,21,23H,1-2H3. The quantitative estimate of drug-likeness (QED) is 0.340. The monoisotopic (exact) mass is 459 g/mol. The first kappa shape index (κ1) is 22.6. The molecule has 0 spiro atoms. The van der Waals surface area contributed by atoms with E-state index in [2.05, 4.69) is 4.72 Å². The molecule has 0 radical (unpaired) electrons. The number of sulfonamides is 1. The van der Waals surface area contributed by atoms with Gasteiger partial charge >= 0.3 is 0 Å². The molecule has 3 rings (SSSR count). The molecule has 0 N–H and O–H groups in total. The van der Waals surface area contributed by atoms with Crippen LogP contribution in [0.25, 0.3) is 4.72 Å². The van der Waals surface area contributed by atoms with Gasteiger partial charge in [-0.15, -0.1) is 0 Å². The van der Waals surface area contributed by atoms with Crippen molar-refractivity contribution < 1.29 is 13.2 Å². The number of rotatable bonds is 8. The van der Waals surface area contributed by atoms with Gasteiger partial charge in [-0.05, 0) is 41.2 Å². The van der Waals surface area contributed by atoms with Crippen molar-refractivity contribution in [1.29, 1.82) is 0 Å². The number of carbonyl (C=O) groups excluding carboxylic acids is 1. The Morgan fingerprint density at radius 1 is 0.867 bits per heavy atom. The highest BCUT2D eigenvalue weighted by molar-refractivity contribution is 7.97. The van der Waals surface area contributed by atoms with Crippen molar-refractivity contribution in [3.05, 3.63) is 106 Å². The number of hydrogen-bond acceptors (Lipinski definition) is 3. The highest BCUT2D eigenvalue weighted by Gasteiger charge is 2.36. The summed E-state index contributed by atoms with van der Waals surface area (Å²) in [5, 5.41) is -0.175. The maximum absolute atomic E-state index is 13.4. The van der Waals surface area contributed by atoms with Gasteiger partial charge in [0.25, 0.3) is 0 Å². The molecule has 3 aromatic rings. The third-order valence-electron chi connectivity index (χ3n) is 4.62. The van der Waals surface area contributed by atoms with Crippen LogP contribution in [-0.4, -0.2) is 32.0 Å². The van der Waals surface area contributed by atoms with E-state index in [-0.39, 0.29) is 10.7 Å². The minimum atomic E-state index is -4.00. The number of ketones is 1. The Morgan fingerprint density at radius 2 is 1.40 bits per heavy atom. The molecule has 0 bridgehead atoms. The summed E-state index contributed by atoms with van der Waals surface area (Å²) in [4.78, 5) is 13.4. The van der Waals surface area contributed by atoms with Crippen LogP contribution >= 0.6 is 11.6 Å². The zero-order valence-corrected chi connectivity index (χ0v) is 19.0. The van der Waals surface area contributed by atoms with E-state index in [1.165, 1.54) is 24.3 Å². The molecule has 0 saturated carbocycles. The first-order valence-electron chi connectivity index (χ1n) is 9.23. The summed E-state index contributed by atoms with van der Waals surface area (Å²) in [7, 11) is -4.44. The Balaban J connectivity index is 2.05. The third kappa shape index (κ3) is 5.32. The molecule has 3 aromatic carbocycles. The van der Waals surface area contributed by atoms with Crippen LogP contribution in [0.3, 0.4) is 0 Å². The van der Waals surface area contributed by atoms with Gasteiger partial charge in [-0.25, -0.2) is 8.42 Å². The highest BCUT2D eigenvalue weighted by Crippen LogP contribution is 2.36. The second kappa shape index (κ2) is 9.79. The van der Waals surface area contributed by atoms with Crippen molar-refractivity contribution in [2.45, 2.75) is 16.2 Å². The van der Waals surface area contributed by atoms with Crippen molar-refractivity contribution in [2.24, 2.45) is 0 Å². The minimum absolute atomic E-state index is 0.0471. The number of Topliss-reactive ketones (excluding diaryl/α,β-unsaturated/α-hetero) is 1. The van der Waals surface area contributed by atoms with Gasteiger partial charge in [0, 0.05) is 15.5 Å². The SMILES string of the molecule is C[S+](C)C(C(=O)c1ccccc1)C([N-]S(=O)(=O)c1ccc(Cl)cc1)c1ccccc1. The fraction of sp³-hybridized carbons (Fsp3) is 0.174. The predicted octanol–water partition coefficient (Wildman–Crippen LogP) is 5.27. The Bertz CT molecular complexity index is 1090. The van der Waals surface area contributed by atoms with Gasteiger partial charge in [-0.1, -0.05) is 77.8 Å². The molecule has 0 aliphatic carbocycles. The van der Waals surface area contributed by atoms with Gasteiger partial charge in [0.2, 0.25) is 5.78 Å². The smallest absolute Gasteiger partial charge is 0.213 e. The molecule has 0 heterocycles. The Labute approximate surface area is 185 Å². The molecule has 4 nitrogen and oxygen atoms in total. The van der Waals surface area contributed by atoms with Crippen molar-refractivity contribution in [3.63, 3.8) is 0 Å². The molecule has 30 heavy (non-hydrogen) atoms. The fourth-order valence-corrected chi connectivity index (χ4v) is 5.79. The van der Waals surface area contributed by atoms with Crippen LogP contribution in [0, 0.1) is 0 Å². The summed E-state index contributed by atoms with van der Waals surface area (Å²) >= 11 is 5.90. The second-order valence-corrected chi connectivity index (χ2v) is 11.3. The number of nitrogens with zero attached hydrogens (tertiary/aromatic N) is 1. The molecular weight excluding hydrogens is 438 g/mol. The van der Waals surface area contributed by atoms with E-state index >= 15 is 0 Å². The van der Waals surface area contributed by atoms with E-state index in [1.807, 2.05) is 48.9 Å². The highest BCUT2D eigenvalue weighted by atomic mass is 35.5. The lowest BCUT2D eigenvalue weighted by Crippen LogP contribution is -2.36. The zero-order chi connectivity index (χ0) is 21.7. The van der Waals surface area contributed by atoms with E-state index in [1.54, 1.807) is 24.3 Å². The maximum atomic E-state index is 13.4. The molecule has 0 saturated heterocycles. The molecule has 156 valence electrons. The molecule has 0 aromatic heterocycles. The minimum Gasteiger partial charge on any atom is -0.534 e. The lowest BCUT2D eigenvalue weighted by molar-refractivity contribution is 0.0984. The maximum Gasteiger partial charge on any atom is 0.213 e. The third-order valence-corrected chi connectivity index (χ3v) is 7.73. The molecule has 2 atom stereocenters. The molecule has 0 fully saturated rings. The second-order valence-electron chi connectivity index (χ2n) is 6.92. The Morgan fingerprint density at radius 3 is 1.93 bits per heavy atom. The summed E-state index contributed by atoms with van der Waals surface area (Å²) in [6, 6.07) is 23.1. The number of benzene rings is 3. The van der Waals surface area contributed by atoms with E-state index in [0.717, 1.165) is 0 Å². The van der Waals surface area contributed by atoms with Crippen LogP contribution in [-0.2, 0) is 20.9 Å². The fourth-order valence-electron chi connectivity index (χ4n) is 3.14. The van der Waals surface area contributed by atoms with Crippen LogP contribution < -0.4 is 0 Å². The van der Waals surface area contributed by atoms with Crippen LogP contribution in [0.2, 0.25) is 5.02 Å². The zero-order valence-electron chi connectivity index (χ0n) is 16.6. The topological polar surface area (TPSA) is 65.3 Å².